The normalized spacial score (nSPS) is 34.5. The fraction of sp³-hybridized carbons (Fsp3) is 0.455. The van der Waals surface area contributed by atoms with Crippen molar-refractivity contribution in [3.05, 3.63) is 46.5 Å². The summed E-state index contributed by atoms with van der Waals surface area (Å²) in [5, 5.41) is 9.32. The fourth-order valence-corrected chi connectivity index (χ4v) is 5.12. The first kappa shape index (κ1) is 17.9. The maximum absolute atomic E-state index is 12.8. The van der Waals surface area contributed by atoms with E-state index in [-0.39, 0.29) is 28.8 Å². The number of hydrogen-bond donors (Lipinski definition) is 0. The molecule has 0 heterocycles. The Morgan fingerprint density at radius 2 is 1.96 bits per heavy atom. The van der Waals surface area contributed by atoms with Crippen LogP contribution in [0.3, 0.4) is 0 Å². The number of hydrogen-bond acceptors (Lipinski definition) is 3. The number of carbonyl (C=O) groups is 2. The highest BCUT2D eigenvalue weighted by Crippen LogP contribution is 2.63. The summed E-state index contributed by atoms with van der Waals surface area (Å²) in [4.78, 5) is 28.7. The number of nitrogens with zero attached hydrogens (tertiary/aromatic N) is 2. The largest absolute Gasteiger partial charge is 0.307 e. The van der Waals surface area contributed by atoms with Crippen molar-refractivity contribution in [2.45, 2.75) is 40.5 Å². The van der Waals surface area contributed by atoms with Gasteiger partial charge in [-0.05, 0) is 43.4 Å². The highest BCUT2D eigenvalue weighted by atomic mass is 16.1. The van der Waals surface area contributed by atoms with Crippen molar-refractivity contribution in [3.8, 4) is 17.9 Å². The van der Waals surface area contributed by atoms with Gasteiger partial charge in [-0.15, -0.1) is 5.92 Å². The fourth-order valence-electron chi connectivity index (χ4n) is 5.12. The first-order chi connectivity index (χ1) is 12.2. The van der Waals surface area contributed by atoms with E-state index in [1.165, 1.54) is 6.08 Å². The van der Waals surface area contributed by atoms with Crippen LogP contribution in [0.4, 0.5) is 0 Å². The Labute approximate surface area is 154 Å². The summed E-state index contributed by atoms with van der Waals surface area (Å²) in [7, 11) is 0. The molecule has 1 fully saturated rings. The third kappa shape index (κ3) is 2.14. The molecule has 0 bridgehead atoms. The van der Waals surface area contributed by atoms with Gasteiger partial charge in [-0.1, -0.05) is 32.8 Å². The number of carbonyl (C=O) groups excluding carboxylic acids is 2. The van der Waals surface area contributed by atoms with E-state index in [0.29, 0.717) is 6.42 Å². The van der Waals surface area contributed by atoms with Gasteiger partial charge in [0.2, 0.25) is 5.70 Å². The van der Waals surface area contributed by atoms with E-state index in [9.17, 15) is 14.9 Å². The van der Waals surface area contributed by atoms with E-state index in [0.717, 1.165) is 12.0 Å². The molecule has 0 aliphatic heterocycles. The predicted molar refractivity (Wildman–Crippen MR) is 97.0 cm³/mol. The van der Waals surface area contributed by atoms with Crippen LogP contribution in [0.5, 0.6) is 0 Å². The zero-order chi connectivity index (χ0) is 19.3. The molecule has 0 amide bonds. The maximum atomic E-state index is 12.8. The lowest BCUT2D eigenvalue weighted by Crippen LogP contribution is -2.53. The number of rotatable bonds is 0. The third-order valence-corrected chi connectivity index (χ3v) is 6.26. The Kier molecular flexibility index (Phi) is 3.82. The van der Waals surface area contributed by atoms with Gasteiger partial charge in [0.05, 0.1) is 17.6 Å². The van der Waals surface area contributed by atoms with E-state index in [1.54, 1.807) is 19.1 Å². The molecule has 3 atom stereocenters. The Morgan fingerprint density at radius 1 is 1.27 bits per heavy atom. The lowest BCUT2D eigenvalue weighted by Gasteiger charge is -2.56. The van der Waals surface area contributed by atoms with Crippen LogP contribution in [0, 0.1) is 51.9 Å². The molecule has 0 N–H and O–H groups in total. The van der Waals surface area contributed by atoms with Gasteiger partial charge < -0.3 is 4.79 Å². The number of ketones is 2. The molecule has 1 saturated carbocycles. The molecule has 0 aromatic heterocycles. The van der Waals surface area contributed by atoms with Crippen molar-refractivity contribution in [3.63, 3.8) is 0 Å². The number of nitriles is 1. The second kappa shape index (κ2) is 5.55. The van der Waals surface area contributed by atoms with Crippen molar-refractivity contribution in [2.75, 3.05) is 0 Å². The van der Waals surface area contributed by atoms with Crippen LogP contribution < -0.4 is 0 Å². The van der Waals surface area contributed by atoms with Gasteiger partial charge >= 0.3 is 0 Å². The minimum atomic E-state index is -0.696. The monoisotopic (exact) mass is 344 g/mol. The molecule has 3 rings (SSSR count). The van der Waals surface area contributed by atoms with Gasteiger partial charge in [0.15, 0.2) is 11.6 Å². The zero-order valence-corrected chi connectivity index (χ0v) is 15.4. The van der Waals surface area contributed by atoms with Crippen molar-refractivity contribution >= 4 is 11.6 Å². The number of Topliss-reactive ketones (excluding diaryl/α,β-unsaturated/α-hetero) is 1. The topological polar surface area (TPSA) is 62.3 Å². The average molecular weight is 344 g/mol. The van der Waals surface area contributed by atoms with Gasteiger partial charge in [0.25, 0.3) is 0 Å². The van der Waals surface area contributed by atoms with E-state index in [4.69, 9.17) is 6.57 Å². The molecule has 3 aliphatic rings. The van der Waals surface area contributed by atoms with Gasteiger partial charge in [0, 0.05) is 10.8 Å². The summed E-state index contributed by atoms with van der Waals surface area (Å²) < 4.78 is 0. The molecular formula is C22H20N2O2. The van der Waals surface area contributed by atoms with Crippen LogP contribution in [0.1, 0.15) is 40.5 Å². The van der Waals surface area contributed by atoms with Crippen LogP contribution in [-0.4, -0.2) is 11.6 Å². The molecule has 130 valence electrons. The van der Waals surface area contributed by atoms with Crippen LogP contribution in [-0.2, 0) is 9.59 Å². The predicted octanol–water partition coefficient (Wildman–Crippen LogP) is 3.78. The third-order valence-electron chi connectivity index (χ3n) is 6.26. The molecule has 3 aliphatic carbocycles. The average Bonchev–Trinajstić information content (AvgIpc) is 2.59. The molecule has 3 unspecified atom stereocenters. The molecule has 26 heavy (non-hydrogen) atoms. The van der Waals surface area contributed by atoms with Gasteiger partial charge in [0.1, 0.15) is 6.07 Å². The van der Waals surface area contributed by atoms with Crippen molar-refractivity contribution in [2.24, 2.45) is 22.2 Å². The summed E-state index contributed by atoms with van der Waals surface area (Å²) in [5.74, 6) is 5.68. The second-order valence-corrected chi connectivity index (χ2v) is 8.00. The van der Waals surface area contributed by atoms with Crippen molar-refractivity contribution < 1.29 is 9.59 Å². The second-order valence-electron chi connectivity index (χ2n) is 8.00. The Hall–Kier alpha value is -2.90. The van der Waals surface area contributed by atoms with Gasteiger partial charge in [-0.3, -0.25) is 4.79 Å². The highest BCUT2D eigenvalue weighted by Gasteiger charge is 2.59. The van der Waals surface area contributed by atoms with E-state index in [2.05, 4.69) is 16.7 Å². The van der Waals surface area contributed by atoms with Crippen LogP contribution in [0.15, 0.2) is 35.1 Å². The van der Waals surface area contributed by atoms with Crippen LogP contribution >= 0.6 is 0 Å². The summed E-state index contributed by atoms with van der Waals surface area (Å²) in [6.07, 6.45) is 6.33. The quantitative estimate of drug-likeness (QED) is 0.496. The van der Waals surface area contributed by atoms with Crippen LogP contribution in [0.25, 0.3) is 4.85 Å². The smallest absolute Gasteiger partial charge is 0.226 e. The van der Waals surface area contributed by atoms with E-state index < -0.39 is 16.2 Å². The minimum Gasteiger partial charge on any atom is -0.307 e. The Bertz CT molecular complexity index is 968. The summed E-state index contributed by atoms with van der Waals surface area (Å²) in [6.45, 7) is 14.9. The summed E-state index contributed by atoms with van der Waals surface area (Å²) in [6, 6.07) is 1.98. The SMILES string of the molecule is [C-]#[N+]C1=CC2(C)C3=CC(=O)C(C#N)=CC3(C#CC)CCC2C(C)(C)C1=O. The summed E-state index contributed by atoms with van der Waals surface area (Å²) in [5.41, 5.74) is -0.984. The van der Waals surface area contributed by atoms with Crippen molar-refractivity contribution in [1.29, 1.82) is 5.26 Å². The first-order valence-corrected chi connectivity index (χ1v) is 8.65. The maximum Gasteiger partial charge on any atom is 0.226 e. The number of fused-ring (bicyclic) bond motifs is 3. The first-order valence-electron chi connectivity index (χ1n) is 8.65. The molecule has 0 aromatic carbocycles. The molecule has 0 spiro atoms. The van der Waals surface area contributed by atoms with E-state index >= 15 is 0 Å². The molecule has 0 aromatic rings. The lowest BCUT2D eigenvalue weighted by molar-refractivity contribution is -0.130. The minimum absolute atomic E-state index is 0.0316. The lowest BCUT2D eigenvalue weighted by atomic mass is 9.46. The van der Waals surface area contributed by atoms with Gasteiger partial charge in [-0.25, -0.2) is 4.85 Å². The molecule has 0 radical (unpaired) electrons. The highest BCUT2D eigenvalue weighted by molar-refractivity contribution is 6.09. The van der Waals surface area contributed by atoms with Crippen LogP contribution in [0.2, 0.25) is 0 Å². The van der Waals surface area contributed by atoms with Gasteiger partial charge in [-0.2, -0.15) is 5.26 Å². The number of allylic oxidation sites excluding steroid dienone is 6. The molecule has 4 heteroatoms. The Morgan fingerprint density at radius 3 is 2.54 bits per heavy atom. The Balaban J connectivity index is 2.32. The summed E-state index contributed by atoms with van der Waals surface area (Å²) >= 11 is 0. The van der Waals surface area contributed by atoms with E-state index in [1.807, 2.05) is 26.8 Å². The zero-order valence-electron chi connectivity index (χ0n) is 15.4. The molecule has 0 saturated heterocycles. The molecular weight excluding hydrogens is 324 g/mol. The van der Waals surface area contributed by atoms with Crippen molar-refractivity contribution in [1.82, 2.24) is 0 Å². The molecule has 4 nitrogen and oxygen atoms in total. The standard InChI is InChI=1S/C22H20N2O2/c1-6-8-22-9-7-17-20(2,3)19(26)15(24-5)12-21(17,4)18(22)10-16(25)14(11-22)13-23/h10-12,17H,7,9H2,1-4H3.